The number of hydrogen-bond donors (Lipinski definition) is 3. The minimum absolute atomic E-state index is 0.0619. The normalized spacial score (nSPS) is 12.2. The Balaban J connectivity index is 0.000000294. The number of hydrogen-bond acceptors (Lipinski definition) is 4. The topological polar surface area (TPSA) is 96.1 Å². The molecule has 0 saturated heterocycles. The smallest absolute Gasteiger partial charge is 0.257 e. The molecule has 0 unspecified atom stereocenters. The van der Waals surface area contributed by atoms with Crippen molar-refractivity contribution in [1.29, 1.82) is 0 Å². The first kappa shape index (κ1) is 33.7. The number of imidazole rings is 1. The lowest BCUT2D eigenvalue weighted by molar-refractivity contribution is -0.117. The molecule has 1 aliphatic carbocycles. The molecular formula is C33H34Cl2N4O3. The fourth-order valence-corrected chi connectivity index (χ4v) is 3.97. The SMILES string of the molecule is C#CC.C/C=C(\C)c1nc2ccc(NC(=O)c3ccc(Cl)cc3Cl)cc2[nH]1.C=CCNC(=O)C1=CC=C(OC)C=CC1. The van der Waals surface area contributed by atoms with Crippen LogP contribution in [0.15, 0.2) is 90.8 Å². The Hall–Kier alpha value is -4.51. The molecule has 1 aliphatic rings. The number of aromatic amines is 1. The Morgan fingerprint density at radius 2 is 1.93 bits per heavy atom. The van der Waals surface area contributed by atoms with Crippen LogP contribution in [0.2, 0.25) is 10.0 Å². The van der Waals surface area contributed by atoms with Crippen LogP contribution in [0.1, 0.15) is 43.4 Å². The average Bonchev–Trinajstić information content (AvgIpc) is 3.24. The van der Waals surface area contributed by atoms with Gasteiger partial charge >= 0.3 is 0 Å². The number of benzene rings is 2. The first-order valence-corrected chi connectivity index (χ1v) is 13.7. The van der Waals surface area contributed by atoms with E-state index in [9.17, 15) is 9.59 Å². The predicted octanol–water partition coefficient (Wildman–Crippen LogP) is 7.89. The summed E-state index contributed by atoms with van der Waals surface area (Å²) in [6.07, 6.45) is 16.2. The number of rotatable bonds is 7. The number of ether oxygens (including phenoxy) is 1. The highest BCUT2D eigenvalue weighted by atomic mass is 35.5. The zero-order chi connectivity index (χ0) is 31.1. The summed E-state index contributed by atoms with van der Waals surface area (Å²) >= 11 is 11.9. The van der Waals surface area contributed by atoms with Crippen molar-refractivity contribution in [2.24, 2.45) is 0 Å². The number of H-pyrrole nitrogens is 1. The van der Waals surface area contributed by atoms with Crippen molar-refractivity contribution in [1.82, 2.24) is 15.3 Å². The summed E-state index contributed by atoms with van der Waals surface area (Å²) < 4.78 is 5.06. The van der Waals surface area contributed by atoms with Gasteiger partial charge in [0, 0.05) is 22.8 Å². The van der Waals surface area contributed by atoms with Crippen molar-refractivity contribution in [3.8, 4) is 12.3 Å². The van der Waals surface area contributed by atoms with Gasteiger partial charge in [-0.1, -0.05) is 41.4 Å². The number of carbonyl (C=O) groups excluding carboxylic acids is 2. The second kappa shape index (κ2) is 17.3. The Morgan fingerprint density at radius 3 is 2.57 bits per heavy atom. The van der Waals surface area contributed by atoms with Crippen LogP contribution in [-0.4, -0.2) is 35.4 Å². The second-order valence-electron chi connectivity index (χ2n) is 8.73. The number of methoxy groups -OCH3 is 1. The van der Waals surface area contributed by atoms with Gasteiger partial charge in [-0.05, 0) is 87.4 Å². The summed E-state index contributed by atoms with van der Waals surface area (Å²) in [5.41, 5.74) is 4.51. The van der Waals surface area contributed by atoms with Gasteiger partial charge in [-0.25, -0.2) is 4.98 Å². The Morgan fingerprint density at radius 1 is 1.19 bits per heavy atom. The summed E-state index contributed by atoms with van der Waals surface area (Å²) in [4.78, 5) is 31.7. The zero-order valence-electron chi connectivity index (χ0n) is 24.1. The van der Waals surface area contributed by atoms with Crippen LogP contribution in [0.5, 0.6) is 0 Å². The van der Waals surface area contributed by atoms with Crippen molar-refractivity contribution < 1.29 is 14.3 Å². The molecule has 0 aliphatic heterocycles. The van der Waals surface area contributed by atoms with Crippen LogP contribution in [-0.2, 0) is 9.53 Å². The molecular weight excluding hydrogens is 571 g/mol. The maximum atomic E-state index is 12.4. The maximum Gasteiger partial charge on any atom is 0.257 e. The number of allylic oxidation sites excluding steroid dienone is 6. The number of anilines is 1. The number of nitrogens with zero attached hydrogens (tertiary/aromatic N) is 1. The second-order valence-corrected chi connectivity index (χ2v) is 9.57. The van der Waals surface area contributed by atoms with Crippen molar-refractivity contribution >= 4 is 57.3 Å². The highest BCUT2D eigenvalue weighted by Gasteiger charge is 2.12. The Kier molecular flexibility index (Phi) is 13.9. The fourth-order valence-electron chi connectivity index (χ4n) is 3.47. The molecule has 2 amide bonds. The van der Waals surface area contributed by atoms with E-state index in [1.807, 2.05) is 44.2 Å². The molecule has 0 fully saturated rings. The molecule has 1 aromatic heterocycles. The Labute approximate surface area is 257 Å². The molecule has 0 bridgehead atoms. The molecule has 3 aromatic rings. The van der Waals surface area contributed by atoms with Gasteiger partial charge in [0.1, 0.15) is 11.6 Å². The first-order chi connectivity index (χ1) is 20.2. The summed E-state index contributed by atoms with van der Waals surface area (Å²) in [5, 5.41) is 6.37. The fraction of sp³-hybridized carbons (Fsp3) is 0.182. The average molecular weight is 606 g/mol. The molecule has 2 aromatic carbocycles. The number of amides is 2. The summed E-state index contributed by atoms with van der Waals surface area (Å²) in [7, 11) is 1.60. The lowest BCUT2D eigenvalue weighted by Gasteiger charge is -2.07. The van der Waals surface area contributed by atoms with E-state index in [0.29, 0.717) is 34.3 Å². The monoisotopic (exact) mass is 604 g/mol. The number of fused-ring (bicyclic) bond motifs is 1. The maximum absolute atomic E-state index is 12.4. The van der Waals surface area contributed by atoms with Gasteiger partial charge in [0.25, 0.3) is 5.91 Å². The predicted molar refractivity (Wildman–Crippen MR) is 174 cm³/mol. The number of aromatic nitrogens is 2. The van der Waals surface area contributed by atoms with E-state index in [0.717, 1.165) is 33.8 Å². The molecule has 4 rings (SSSR count). The third-order valence-corrected chi connectivity index (χ3v) is 6.27. The van der Waals surface area contributed by atoms with Gasteiger partial charge < -0.3 is 20.4 Å². The Bertz CT molecular complexity index is 1590. The van der Waals surface area contributed by atoms with Gasteiger partial charge in [-0.3, -0.25) is 9.59 Å². The third-order valence-electron chi connectivity index (χ3n) is 5.73. The number of nitrogens with one attached hydrogen (secondary N) is 3. The van der Waals surface area contributed by atoms with Gasteiger partial charge in [-0.2, -0.15) is 0 Å². The van der Waals surface area contributed by atoms with Crippen LogP contribution in [0.25, 0.3) is 16.6 Å². The number of halogens is 2. The lowest BCUT2D eigenvalue weighted by Crippen LogP contribution is -2.24. The quantitative estimate of drug-likeness (QED) is 0.189. The standard InChI is InChI=1S/C18H15Cl2N3O.C12H15NO2.C3H4/c1-3-10(2)17-22-15-7-5-12(9-16(15)23-17)21-18(24)13-6-4-11(19)8-14(13)20;1-3-9-13-12(14)10-5-4-6-11(15-2)8-7-10;1-3-2/h3-9H,1-2H3,(H,21,24)(H,22,23);3-4,6-8H,1,5,9H2,2H3,(H,13,14);1H,2H3/b10-3+;;. The van der Waals surface area contributed by atoms with Crippen molar-refractivity contribution in [3.05, 3.63) is 112 Å². The highest BCUT2D eigenvalue weighted by molar-refractivity contribution is 6.37. The molecule has 3 N–H and O–H groups in total. The number of terminal acetylenes is 1. The molecule has 7 nitrogen and oxygen atoms in total. The van der Waals surface area contributed by atoms with E-state index in [4.69, 9.17) is 27.9 Å². The largest absolute Gasteiger partial charge is 0.497 e. The summed E-state index contributed by atoms with van der Waals surface area (Å²) in [6, 6.07) is 10.3. The molecule has 0 spiro atoms. The third kappa shape index (κ3) is 10.2. The van der Waals surface area contributed by atoms with E-state index >= 15 is 0 Å². The molecule has 0 saturated carbocycles. The minimum atomic E-state index is -0.291. The first-order valence-electron chi connectivity index (χ1n) is 12.9. The van der Waals surface area contributed by atoms with E-state index in [-0.39, 0.29) is 11.8 Å². The van der Waals surface area contributed by atoms with E-state index in [1.54, 1.807) is 56.5 Å². The lowest BCUT2D eigenvalue weighted by atomic mass is 10.1. The van der Waals surface area contributed by atoms with E-state index < -0.39 is 0 Å². The van der Waals surface area contributed by atoms with Gasteiger partial charge in [0.05, 0.1) is 28.7 Å². The van der Waals surface area contributed by atoms with Gasteiger partial charge in [0.15, 0.2) is 0 Å². The number of carbonyl (C=O) groups is 2. The van der Waals surface area contributed by atoms with Crippen molar-refractivity contribution in [3.63, 3.8) is 0 Å². The molecule has 42 heavy (non-hydrogen) atoms. The zero-order valence-corrected chi connectivity index (χ0v) is 25.6. The molecule has 9 heteroatoms. The van der Waals surface area contributed by atoms with Crippen LogP contribution in [0.3, 0.4) is 0 Å². The van der Waals surface area contributed by atoms with Gasteiger partial charge in [0.2, 0.25) is 5.91 Å². The van der Waals surface area contributed by atoms with Crippen LogP contribution in [0.4, 0.5) is 5.69 Å². The molecule has 218 valence electrons. The molecule has 1 heterocycles. The summed E-state index contributed by atoms with van der Waals surface area (Å²) in [5.74, 6) is 3.46. The van der Waals surface area contributed by atoms with Crippen LogP contribution < -0.4 is 10.6 Å². The van der Waals surface area contributed by atoms with Crippen LogP contribution in [0, 0.1) is 12.3 Å². The summed E-state index contributed by atoms with van der Waals surface area (Å²) in [6.45, 7) is 9.63. The minimum Gasteiger partial charge on any atom is -0.497 e. The van der Waals surface area contributed by atoms with E-state index in [2.05, 4.69) is 39.5 Å². The van der Waals surface area contributed by atoms with Crippen molar-refractivity contribution in [2.75, 3.05) is 19.0 Å². The molecule has 0 radical (unpaired) electrons. The van der Waals surface area contributed by atoms with E-state index in [1.165, 1.54) is 0 Å². The highest BCUT2D eigenvalue weighted by Crippen LogP contribution is 2.24. The van der Waals surface area contributed by atoms with Gasteiger partial charge in [-0.15, -0.1) is 18.9 Å². The molecule has 0 atom stereocenters. The van der Waals surface area contributed by atoms with Crippen molar-refractivity contribution in [2.45, 2.75) is 27.2 Å². The van der Waals surface area contributed by atoms with Crippen LogP contribution >= 0.6 is 23.2 Å².